The molecule has 4 nitrogen and oxygen atoms in total. The summed E-state index contributed by atoms with van der Waals surface area (Å²) in [5, 5.41) is 9.43. The van der Waals surface area contributed by atoms with E-state index in [0.29, 0.717) is 17.7 Å². The van der Waals surface area contributed by atoms with Gasteiger partial charge in [-0.15, -0.1) is 0 Å². The molecule has 1 N–H and O–H groups in total. The predicted octanol–water partition coefficient (Wildman–Crippen LogP) is 2.50. The molecule has 0 bridgehead atoms. The van der Waals surface area contributed by atoms with Crippen molar-refractivity contribution in [2.45, 2.75) is 12.3 Å². The fourth-order valence-corrected chi connectivity index (χ4v) is 2.04. The molecular formula is C15H15NO3. The minimum Gasteiger partial charge on any atom is -0.496 e. The number of carbonyl (C=O) groups is 1. The van der Waals surface area contributed by atoms with Crippen LogP contribution in [0, 0.1) is 0 Å². The molecule has 19 heavy (non-hydrogen) atoms. The largest absolute Gasteiger partial charge is 0.496 e. The molecule has 1 aromatic heterocycles. The first kappa shape index (κ1) is 13.1. The van der Waals surface area contributed by atoms with E-state index in [0.717, 1.165) is 5.56 Å². The Kier molecular flexibility index (Phi) is 4.13. The fourth-order valence-electron chi connectivity index (χ4n) is 2.04. The van der Waals surface area contributed by atoms with Gasteiger partial charge in [-0.25, -0.2) is 0 Å². The number of carboxylic acid groups (broad SMARTS) is 1. The second-order valence-electron chi connectivity index (χ2n) is 4.20. The molecule has 1 heterocycles. The van der Waals surface area contributed by atoms with Crippen LogP contribution < -0.4 is 4.74 Å². The van der Waals surface area contributed by atoms with Crippen LogP contribution in [-0.4, -0.2) is 23.2 Å². The zero-order valence-electron chi connectivity index (χ0n) is 10.6. The third-order valence-electron chi connectivity index (χ3n) is 2.98. The van der Waals surface area contributed by atoms with Gasteiger partial charge in [0.05, 0.1) is 13.0 Å². The van der Waals surface area contributed by atoms with Crippen LogP contribution >= 0.6 is 0 Å². The summed E-state index contributed by atoms with van der Waals surface area (Å²) in [5.41, 5.74) is 1.57. The van der Waals surface area contributed by atoms with Gasteiger partial charge in [-0.2, -0.15) is 0 Å². The maximum Gasteiger partial charge on any atom is 0.311 e. The molecule has 98 valence electrons. The highest BCUT2D eigenvalue weighted by molar-refractivity contribution is 5.77. The van der Waals surface area contributed by atoms with E-state index in [-0.39, 0.29) is 0 Å². The minimum atomic E-state index is -0.867. The van der Waals surface area contributed by atoms with Crippen molar-refractivity contribution in [2.24, 2.45) is 0 Å². The molecule has 2 rings (SSSR count). The molecule has 0 radical (unpaired) electrons. The number of nitrogens with zero attached hydrogens (tertiary/aromatic N) is 1. The summed E-state index contributed by atoms with van der Waals surface area (Å²) in [6.45, 7) is 0. The van der Waals surface area contributed by atoms with Crippen molar-refractivity contribution in [1.82, 2.24) is 4.98 Å². The van der Waals surface area contributed by atoms with E-state index in [1.54, 1.807) is 37.7 Å². The number of methoxy groups -OCH3 is 1. The SMILES string of the molecule is COc1ccccc1C(Cc1cccnc1)C(=O)O. The second-order valence-corrected chi connectivity index (χ2v) is 4.20. The van der Waals surface area contributed by atoms with E-state index >= 15 is 0 Å². The molecule has 0 aliphatic carbocycles. The number of carboxylic acids is 1. The highest BCUT2D eigenvalue weighted by Crippen LogP contribution is 2.29. The average molecular weight is 257 g/mol. The molecule has 2 aromatic rings. The van der Waals surface area contributed by atoms with E-state index in [2.05, 4.69) is 4.98 Å². The monoisotopic (exact) mass is 257 g/mol. The predicted molar refractivity (Wildman–Crippen MR) is 71.3 cm³/mol. The molecule has 0 aliphatic heterocycles. The number of ether oxygens (including phenoxy) is 1. The minimum absolute atomic E-state index is 0.392. The van der Waals surface area contributed by atoms with Crippen molar-refractivity contribution in [3.63, 3.8) is 0 Å². The van der Waals surface area contributed by atoms with Crippen LogP contribution in [0.5, 0.6) is 5.75 Å². The average Bonchev–Trinajstić information content (AvgIpc) is 2.45. The number of benzene rings is 1. The molecule has 4 heteroatoms. The Hall–Kier alpha value is -2.36. The van der Waals surface area contributed by atoms with E-state index in [4.69, 9.17) is 4.74 Å². The molecule has 0 amide bonds. The maximum absolute atomic E-state index is 11.5. The number of pyridine rings is 1. The van der Waals surface area contributed by atoms with Gasteiger partial charge in [0, 0.05) is 18.0 Å². The summed E-state index contributed by atoms with van der Waals surface area (Å²) < 4.78 is 5.24. The third-order valence-corrected chi connectivity index (χ3v) is 2.98. The maximum atomic E-state index is 11.5. The van der Waals surface area contributed by atoms with Crippen LogP contribution in [-0.2, 0) is 11.2 Å². The van der Waals surface area contributed by atoms with Gasteiger partial charge in [0.25, 0.3) is 0 Å². The Labute approximate surface area is 111 Å². The van der Waals surface area contributed by atoms with Gasteiger partial charge in [-0.05, 0) is 24.1 Å². The van der Waals surface area contributed by atoms with Crippen LogP contribution in [0.25, 0.3) is 0 Å². The molecule has 0 fully saturated rings. The highest BCUT2D eigenvalue weighted by Gasteiger charge is 2.23. The Bertz CT molecular complexity index is 554. The van der Waals surface area contributed by atoms with E-state index in [1.165, 1.54) is 0 Å². The summed E-state index contributed by atoms with van der Waals surface area (Å²) in [6.07, 6.45) is 3.75. The smallest absolute Gasteiger partial charge is 0.311 e. The van der Waals surface area contributed by atoms with Gasteiger partial charge in [0.2, 0.25) is 0 Å². The van der Waals surface area contributed by atoms with Crippen molar-refractivity contribution in [2.75, 3.05) is 7.11 Å². The summed E-state index contributed by atoms with van der Waals surface area (Å²) in [7, 11) is 1.54. The second kappa shape index (κ2) is 6.00. The van der Waals surface area contributed by atoms with Gasteiger partial charge < -0.3 is 9.84 Å². The van der Waals surface area contributed by atoms with E-state index in [9.17, 15) is 9.90 Å². The first-order valence-electron chi connectivity index (χ1n) is 5.97. The standard InChI is InChI=1S/C15H15NO3/c1-19-14-7-3-2-6-12(14)13(15(17)18)9-11-5-4-8-16-10-11/h2-8,10,13H,9H2,1H3,(H,17,18). The van der Waals surface area contributed by atoms with Crippen molar-refractivity contribution < 1.29 is 14.6 Å². The Balaban J connectivity index is 2.33. The van der Waals surface area contributed by atoms with Crippen LogP contribution in [0.4, 0.5) is 0 Å². The lowest BCUT2D eigenvalue weighted by molar-refractivity contribution is -0.138. The first-order chi connectivity index (χ1) is 9.22. The summed E-state index contributed by atoms with van der Waals surface area (Å²) in [6, 6.07) is 10.9. The number of rotatable bonds is 5. The van der Waals surface area contributed by atoms with Gasteiger partial charge >= 0.3 is 5.97 Å². The number of aliphatic carboxylic acids is 1. The summed E-state index contributed by atoms with van der Waals surface area (Å²) in [4.78, 5) is 15.5. The van der Waals surface area contributed by atoms with Crippen molar-refractivity contribution in [3.8, 4) is 5.75 Å². The number of hydrogen-bond acceptors (Lipinski definition) is 3. The van der Waals surface area contributed by atoms with Crippen LogP contribution in [0.1, 0.15) is 17.0 Å². The first-order valence-corrected chi connectivity index (χ1v) is 5.97. The van der Waals surface area contributed by atoms with Gasteiger partial charge in [0.1, 0.15) is 5.75 Å². The lowest BCUT2D eigenvalue weighted by Gasteiger charge is -2.15. The molecule has 0 saturated heterocycles. The Morgan fingerprint density at radius 2 is 2.11 bits per heavy atom. The Morgan fingerprint density at radius 3 is 2.74 bits per heavy atom. The molecule has 1 aromatic carbocycles. The van der Waals surface area contributed by atoms with E-state index < -0.39 is 11.9 Å². The zero-order valence-corrected chi connectivity index (χ0v) is 10.6. The fraction of sp³-hybridized carbons (Fsp3) is 0.200. The normalized spacial score (nSPS) is 11.8. The van der Waals surface area contributed by atoms with Gasteiger partial charge in [-0.3, -0.25) is 9.78 Å². The molecule has 0 aliphatic rings. The topological polar surface area (TPSA) is 59.4 Å². The molecule has 1 atom stereocenters. The van der Waals surface area contributed by atoms with Crippen LogP contribution in [0.2, 0.25) is 0 Å². The highest BCUT2D eigenvalue weighted by atomic mass is 16.5. The zero-order chi connectivity index (χ0) is 13.7. The molecular weight excluding hydrogens is 242 g/mol. The van der Waals surface area contributed by atoms with E-state index in [1.807, 2.05) is 18.2 Å². The van der Waals surface area contributed by atoms with Gasteiger partial charge in [-0.1, -0.05) is 24.3 Å². The third kappa shape index (κ3) is 3.10. The quantitative estimate of drug-likeness (QED) is 0.894. The Morgan fingerprint density at radius 1 is 1.32 bits per heavy atom. The summed E-state index contributed by atoms with van der Waals surface area (Å²) in [5.74, 6) is -0.910. The number of hydrogen-bond donors (Lipinski definition) is 1. The molecule has 0 saturated carbocycles. The van der Waals surface area contributed by atoms with Crippen molar-refractivity contribution >= 4 is 5.97 Å². The van der Waals surface area contributed by atoms with Crippen molar-refractivity contribution in [3.05, 3.63) is 59.9 Å². The van der Waals surface area contributed by atoms with Crippen molar-refractivity contribution in [1.29, 1.82) is 0 Å². The van der Waals surface area contributed by atoms with Crippen LogP contribution in [0.3, 0.4) is 0 Å². The van der Waals surface area contributed by atoms with Gasteiger partial charge in [0.15, 0.2) is 0 Å². The molecule has 0 spiro atoms. The van der Waals surface area contributed by atoms with Crippen LogP contribution in [0.15, 0.2) is 48.8 Å². The lowest BCUT2D eigenvalue weighted by Crippen LogP contribution is -2.15. The lowest BCUT2D eigenvalue weighted by atomic mass is 9.92. The number of para-hydroxylation sites is 1. The summed E-state index contributed by atoms with van der Waals surface area (Å²) >= 11 is 0. The number of aromatic nitrogens is 1. The molecule has 1 unspecified atom stereocenters.